The van der Waals surface area contributed by atoms with E-state index in [0.717, 1.165) is 25.3 Å². The Kier molecular flexibility index (Phi) is 4.70. The number of para-hydroxylation sites is 1. The average Bonchev–Trinajstić information content (AvgIpc) is 3.36. The zero-order valence-corrected chi connectivity index (χ0v) is 14.1. The van der Waals surface area contributed by atoms with Crippen LogP contribution in [0.1, 0.15) is 24.4 Å². The van der Waals surface area contributed by atoms with Gasteiger partial charge in [0, 0.05) is 6.54 Å². The monoisotopic (exact) mass is 334 g/mol. The maximum Gasteiger partial charge on any atom is 0.247 e. The highest BCUT2D eigenvalue weighted by Gasteiger charge is 2.23. The van der Waals surface area contributed by atoms with Gasteiger partial charge >= 0.3 is 0 Å². The van der Waals surface area contributed by atoms with Crippen LogP contribution in [0.2, 0.25) is 0 Å². The van der Waals surface area contributed by atoms with Gasteiger partial charge in [0.25, 0.3) is 0 Å². The first kappa shape index (κ1) is 15.8. The van der Waals surface area contributed by atoms with Crippen LogP contribution < -0.4 is 5.32 Å². The molecule has 3 aromatic rings. The van der Waals surface area contributed by atoms with Gasteiger partial charge in [-0.1, -0.05) is 53.6 Å². The fourth-order valence-corrected chi connectivity index (χ4v) is 3.41. The molecule has 6 heteroatoms. The second kappa shape index (κ2) is 7.44. The molecule has 1 N–H and O–H groups in total. The summed E-state index contributed by atoms with van der Waals surface area (Å²) < 4.78 is 1.74. The van der Waals surface area contributed by atoms with Gasteiger partial charge in [-0.05, 0) is 54.1 Å². The summed E-state index contributed by atoms with van der Waals surface area (Å²) in [5.74, 6) is 0.673. The Hall–Kier alpha value is -2.73. The Balaban J connectivity index is 1.53. The Morgan fingerprint density at radius 1 is 0.920 bits per heavy atom. The summed E-state index contributed by atoms with van der Waals surface area (Å²) in [6.07, 6.45) is 2.54. The molecular formula is C19H22N6. The second-order valence-electron chi connectivity index (χ2n) is 6.30. The normalized spacial score (nSPS) is 16.0. The number of nitrogens with one attached hydrogen (secondary N) is 1. The molecule has 0 spiro atoms. The van der Waals surface area contributed by atoms with Gasteiger partial charge in [-0.15, -0.1) is 0 Å². The number of nitrogens with zero attached hydrogens (tertiary/aromatic N) is 5. The fourth-order valence-electron chi connectivity index (χ4n) is 3.41. The molecule has 6 nitrogen and oxygen atoms in total. The topological polar surface area (TPSA) is 58.9 Å². The zero-order valence-electron chi connectivity index (χ0n) is 14.1. The third kappa shape index (κ3) is 3.53. The molecule has 1 aliphatic heterocycles. The summed E-state index contributed by atoms with van der Waals surface area (Å²) in [6.45, 7) is 3.06. The number of likely N-dealkylation sites (tertiary alicyclic amines) is 1. The lowest BCUT2D eigenvalue weighted by molar-refractivity contribution is 0.255. The van der Waals surface area contributed by atoms with Crippen molar-refractivity contribution in [1.82, 2.24) is 25.1 Å². The van der Waals surface area contributed by atoms with Crippen molar-refractivity contribution in [2.45, 2.75) is 18.9 Å². The lowest BCUT2D eigenvalue weighted by Gasteiger charge is -2.28. The van der Waals surface area contributed by atoms with Gasteiger partial charge in [-0.25, -0.2) is 0 Å². The van der Waals surface area contributed by atoms with Crippen molar-refractivity contribution in [3.8, 4) is 5.69 Å². The van der Waals surface area contributed by atoms with Crippen molar-refractivity contribution in [3.63, 3.8) is 0 Å². The third-order valence-electron chi connectivity index (χ3n) is 4.69. The van der Waals surface area contributed by atoms with Crippen LogP contribution in [0.25, 0.3) is 5.69 Å². The maximum atomic E-state index is 4.16. The van der Waals surface area contributed by atoms with Gasteiger partial charge < -0.3 is 5.32 Å². The smallest absolute Gasteiger partial charge is 0.247 e. The van der Waals surface area contributed by atoms with Gasteiger partial charge in [-0.3, -0.25) is 4.90 Å². The van der Waals surface area contributed by atoms with Crippen LogP contribution in [0.15, 0.2) is 60.7 Å². The molecule has 128 valence electrons. The Morgan fingerprint density at radius 2 is 1.60 bits per heavy atom. The SMILES string of the molecule is c1ccc([C@@H](CNc2nnnn2-c2ccccc2)N2CCCC2)cc1. The van der Waals surface area contributed by atoms with E-state index in [4.69, 9.17) is 0 Å². The molecule has 0 amide bonds. The number of rotatable bonds is 6. The minimum absolute atomic E-state index is 0.324. The summed E-state index contributed by atoms with van der Waals surface area (Å²) in [6, 6.07) is 20.9. The van der Waals surface area contributed by atoms with Gasteiger partial charge in [0.1, 0.15) is 0 Å². The van der Waals surface area contributed by atoms with E-state index in [1.165, 1.54) is 18.4 Å². The highest BCUT2D eigenvalue weighted by atomic mass is 15.6. The van der Waals surface area contributed by atoms with E-state index in [2.05, 4.69) is 56.1 Å². The molecule has 0 unspecified atom stereocenters. The standard InChI is InChI=1S/C19H22N6/c1-3-9-16(10-4-1)18(24-13-7-8-14-24)15-20-19-21-22-23-25(19)17-11-5-2-6-12-17/h1-6,9-12,18H,7-8,13-15H2,(H,20,21,23)/t18-/m1/s1. The second-order valence-corrected chi connectivity index (χ2v) is 6.30. The number of hydrogen-bond acceptors (Lipinski definition) is 5. The van der Waals surface area contributed by atoms with E-state index in [1.54, 1.807) is 4.68 Å². The van der Waals surface area contributed by atoms with Gasteiger partial charge in [-0.2, -0.15) is 4.68 Å². The first-order valence-electron chi connectivity index (χ1n) is 8.78. The molecule has 0 aliphatic carbocycles. The number of benzene rings is 2. The first-order valence-corrected chi connectivity index (χ1v) is 8.78. The molecule has 0 radical (unpaired) electrons. The minimum atomic E-state index is 0.324. The molecule has 1 aliphatic rings. The lowest BCUT2D eigenvalue weighted by Crippen LogP contribution is -2.31. The van der Waals surface area contributed by atoms with Gasteiger partial charge in [0.2, 0.25) is 5.95 Å². The Morgan fingerprint density at radius 3 is 2.32 bits per heavy atom. The quantitative estimate of drug-likeness (QED) is 0.751. The van der Waals surface area contributed by atoms with E-state index < -0.39 is 0 Å². The molecular weight excluding hydrogens is 312 g/mol. The summed E-state index contributed by atoms with van der Waals surface area (Å²) in [5, 5.41) is 15.6. The highest BCUT2D eigenvalue weighted by Crippen LogP contribution is 2.25. The predicted octanol–water partition coefficient (Wildman–Crippen LogP) is 2.91. The van der Waals surface area contributed by atoms with E-state index in [9.17, 15) is 0 Å². The largest absolute Gasteiger partial charge is 0.351 e. The predicted molar refractivity (Wildman–Crippen MR) is 97.6 cm³/mol. The maximum absolute atomic E-state index is 4.16. The fraction of sp³-hybridized carbons (Fsp3) is 0.316. The van der Waals surface area contributed by atoms with E-state index >= 15 is 0 Å². The molecule has 1 saturated heterocycles. The van der Waals surface area contributed by atoms with Gasteiger partial charge in [0.15, 0.2) is 0 Å². The molecule has 2 heterocycles. The van der Waals surface area contributed by atoms with Crippen molar-refractivity contribution in [1.29, 1.82) is 0 Å². The highest BCUT2D eigenvalue weighted by molar-refractivity contribution is 5.38. The van der Waals surface area contributed by atoms with Crippen molar-refractivity contribution >= 4 is 5.95 Å². The molecule has 4 rings (SSSR count). The Bertz CT molecular complexity index is 780. The number of hydrogen-bond donors (Lipinski definition) is 1. The van der Waals surface area contributed by atoms with E-state index in [-0.39, 0.29) is 0 Å². The average molecular weight is 334 g/mol. The lowest BCUT2D eigenvalue weighted by atomic mass is 10.1. The summed E-state index contributed by atoms with van der Waals surface area (Å²) in [4.78, 5) is 2.54. The molecule has 2 aromatic carbocycles. The number of aromatic nitrogens is 4. The van der Waals surface area contributed by atoms with Crippen LogP contribution in [0, 0.1) is 0 Å². The first-order chi connectivity index (χ1) is 12.4. The van der Waals surface area contributed by atoms with Crippen LogP contribution in [-0.2, 0) is 0 Å². The summed E-state index contributed by atoms with van der Waals surface area (Å²) >= 11 is 0. The van der Waals surface area contributed by atoms with Crippen LogP contribution in [-0.4, -0.2) is 44.7 Å². The zero-order chi connectivity index (χ0) is 16.9. The number of anilines is 1. The van der Waals surface area contributed by atoms with Crippen molar-refractivity contribution < 1.29 is 0 Å². The molecule has 0 bridgehead atoms. The van der Waals surface area contributed by atoms with Crippen molar-refractivity contribution in [2.24, 2.45) is 0 Å². The molecule has 1 aromatic heterocycles. The van der Waals surface area contributed by atoms with E-state index in [0.29, 0.717) is 12.0 Å². The van der Waals surface area contributed by atoms with Crippen LogP contribution >= 0.6 is 0 Å². The molecule has 1 atom stereocenters. The Labute approximate surface area is 147 Å². The van der Waals surface area contributed by atoms with Crippen LogP contribution in [0.5, 0.6) is 0 Å². The molecule has 25 heavy (non-hydrogen) atoms. The molecule has 0 saturated carbocycles. The van der Waals surface area contributed by atoms with Gasteiger partial charge in [0.05, 0.1) is 11.7 Å². The summed E-state index contributed by atoms with van der Waals surface area (Å²) in [5.41, 5.74) is 2.28. The third-order valence-corrected chi connectivity index (χ3v) is 4.69. The van der Waals surface area contributed by atoms with Crippen molar-refractivity contribution in [3.05, 3.63) is 66.2 Å². The van der Waals surface area contributed by atoms with Crippen LogP contribution in [0.3, 0.4) is 0 Å². The number of tetrazole rings is 1. The van der Waals surface area contributed by atoms with Crippen molar-refractivity contribution in [2.75, 3.05) is 25.0 Å². The van der Waals surface area contributed by atoms with E-state index in [1.807, 2.05) is 30.3 Å². The minimum Gasteiger partial charge on any atom is -0.351 e. The molecule has 1 fully saturated rings. The van der Waals surface area contributed by atoms with Crippen LogP contribution in [0.4, 0.5) is 5.95 Å². The summed E-state index contributed by atoms with van der Waals surface area (Å²) in [7, 11) is 0.